The van der Waals surface area contributed by atoms with E-state index in [0.717, 1.165) is 16.8 Å². The Morgan fingerprint density at radius 2 is 1.76 bits per heavy atom. The van der Waals surface area contributed by atoms with Gasteiger partial charge in [-0.3, -0.25) is 4.79 Å². The van der Waals surface area contributed by atoms with Crippen molar-refractivity contribution in [2.45, 2.75) is 56.5 Å². The second-order valence-electron chi connectivity index (χ2n) is 8.95. The number of fused-ring (bicyclic) bond motifs is 2. The molecule has 176 valence electrons. The summed E-state index contributed by atoms with van der Waals surface area (Å²) in [4.78, 5) is 24.2. The van der Waals surface area contributed by atoms with Crippen molar-refractivity contribution in [2.24, 2.45) is 0 Å². The summed E-state index contributed by atoms with van der Waals surface area (Å²) in [6.45, 7) is 2.02. The number of hydrogen-bond acceptors (Lipinski definition) is 6. The van der Waals surface area contributed by atoms with Crippen molar-refractivity contribution in [1.29, 1.82) is 0 Å². The number of hydrogen-bond donors (Lipinski definition) is 1. The van der Waals surface area contributed by atoms with Gasteiger partial charge in [0.1, 0.15) is 6.54 Å². The number of benzene rings is 1. The standard InChI is InChI=1S/C23H25F3N4O3/c1-15-2-4-17(5-3-15)30-13-16-12-27-20(28-14-23(24,25)26)29-18(16)21(19(30)31)6-8-22(9-7-21)32-10-11-33-22/h2-5,12H,6-11,13-14H2,1H3,(H,27,28,29). The topological polar surface area (TPSA) is 76.6 Å². The Hall–Kier alpha value is -2.72. The van der Waals surface area contributed by atoms with Crippen molar-refractivity contribution in [3.63, 3.8) is 0 Å². The molecule has 3 heterocycles. The Morgan fingerprint density at radius 3 is 2.39 bits per heavy atom. The Kier molecular flexibility index (Phi) is 5.32. The van der Waals surface area contributed by atoms with Crippen LogP contribution < -0.4 is 10.2 Å². The fourth-order valence-electron chi connectivity index (χ4n) is 5.03. The van der Waals surface area contributed by atoms with Gasteiger partial charge in [-0.25, -0.2) is 9.97 Å². The van der Waals surface area contributed by atoms with Crippen LogP contribution in [0.3, 0.4) is 0 Å². The second kappa shape index (κ2) is 7.95. The van der Waals surface area contributed by atoms with Crippen molar-refractivity contribution in [3.05, 3.63) is 47.3 Å². The Bertz CT molecular complexity index is 1040. The largest absolute Gasteiger partial charge is 0.405 e. The Balaban J connectivity index is 1.53. The fraction of sp³-hybridized carbons (Fsp3) is 0.522. The molecule has 10 heteroatoms. The lowest BCUT2D eigenvalue weighted by Gasteiger charge is -2.47. The summed E-state index contributed by atoms with van der Waals surface area (Å²) >= 11 is 0. The molecule has 3 aliphatic rings. The van der Waals surface area contributed by atoms with E-state index in [2.05, 4.69) is 15.3 Å². The number of ether oxygens (including phenoxy) is 2. The number of aromatic nitrogens is 2. The molecule has 1 amide bonds. The highest BCUT2D eigenvalue weighted by Gasteiger charge is 2.55. The van der Waals surface area contributed by atoms with Crippen LogP contribution in [0.4, 0.5) is 24.8 Å². The van der Waals surface area contributed by atoms with Crippen LogP contribution in [0.25, 0.3) is 0 Å². The maximum absolute atomic E-state index is 14.0. The molecule has 1 aliphatic carbocycles. The molecule has 1 saturated heterocycles. The molecule has 2 aromatic rings. The van der Waals surface area contributed by atoms with Crippen LogP contribution >= 0.6 is 0 Å². The average molecular weight is 462 g/mol. The zero-order valence-electron chi connectivity index (χ0n) is 18.2. The summed E-state index contributed by atoms with van der Waals surface area (Å²) in [6, 6.07) is 7.70. The van der Waals surface area contributed by atoms with Crippen LogP contribution in [0.15, 0.2) is 30.5 Å². The number of halogens is 3. The first kappa shape index (κ1) is 22.1. The number of amides is 1. The Labute approximate surface area is 189 Å². The molecule has 0 bridgehead atoms. The summed E-state index contributed by atoms with van der Waals surface area (Å²) in [7, 11) is 0. The van der Waals surface area contributed by atoms with E-state index in [1.165, 1.54) is 6.20 Å². The summed E-state index contributed by atoms with van der Waals surface area (Å²) in [5.41, 5.74) is 2.11. The minimum atomic E-state index is -4.40. The first-order chi connectivity index (χ1) is 15.7. The summed E-state index contributed by atoms with van der Waals surface area (Å²) < 4.78 is 49.9. The van der Waals surface area contributed by atoms with Gasteiger partial charge >= 0.3 is 6.18 Å². The molecule has 2 aliphatic heterocycles. The molecule has 2 fully saturated rings. The summed E-state index contributed by atoms with van der Waals surface area (Å²) in [5.74, 6) is -0.926. The molecule has 0 unspecified atom stereocenters. The third-order valence-electron chi connectivity index (χ3n) is 6.77. The van der Waals surface area contributed by atoms with Crippen LogP contribution in [0.2, 0.25) is 0 Å². The van der Waals surface area contributed by atoms with E-state index in [4.69, 9.17) is 9.47 Å². The number of aryl methyl sites for hydroxylation is 1. The number of carbonyl (C=O) groups excluding carboxylic acids is 1. The van der Waals surface area contributed by atoms with Gasteiger partial charge in [0, 0.05) is 30.3 Å². The minimum absolute atomic E-state index is 0.104. The molecule has 2 spiro atoms. The van der Waals surface area contributed by atoms with E-state index in [0.29, 0.717) is 44.6 Å². The molecule has 0 atom stereocenters. The predicted octanol–water partition coefficient (Wildman–Crippen LogP) is 3.86. The Morgan fingerprint density at radius 1 is 1.09 bits per heavy atom. The van der Waals surface area contributed by atoms with Gasteiger partial charge in [-0.15, -0.1) is 0 Å². The smallest absolute Gasteiger partial charge is 0.348 e. The van der Waals surface area contributed by atoms with Crippen molar-refractivity contribution in [2.75, 3.05) is 30.0 Å². The number of anilines is 2. The molecule has 7 nitrogen and oxygen atoms in total. The average Bonchev–Trinajstić information content (AvgIpc) is 3.25. The van der Waals surface area contributed by atoms with Crippen LogP contribution in [-0.2, 0) is 26.2 Å². The molecule has 1 aromatic heterocycles. The van der Waals surface area contributed by atoms with Crippen molar-refractivity contribution < 1.29 is 27.4 Å². The zero-order chi connectivity index (χ0) is 23.3. The normalized spacial score (nSPS) is 21.5. The second-order valence-corrected chi connectivity index (χ2v) is 8.95. The fourth-order valence-corrected chi connectivity index (χ4v) is 5.03. The van der Waals surface area contributed by atoms with Gasteiger partial charge in [-0.1, -0.05) is 17.7 Å². The van der Waals surface area contributed by atoms with E-state index in [1.54, 1.807) is 4.90 Å². The predicted molar refractivity (Wildman–Crippen MR) is 114 cm³/mol. The molecule has 33 heavy (non-hydrogen) atoms. The molecule has 0 radical (unpaired) electrons. The monoisotopic (exact) mass is 462 g/mol. The first-order valence-electron chi connectivity index (χ1n) is 11.0. The first-order valence-corrected chi connectivity index (χ1v) is 11.0. The van der Waals surface area contributed by atoms with E-state index in [9.17, 15) is 18.0 Å². The molecular weight excluding hydrogens is 437 g/mol. The van der Waals surface area contributed by atoms with Crippen LogP contribution in [0.5, 0.6) is 0 Å². The zero-order valence-corrected chi connectivity index (χ0v) is 18.2. The quantitative estimate of drug-likeness (QED) is 0.747. The summed E-state index contributed by atoms with van der Waals surface area (Å²) in [5, 5.41) is 2.25. The number of nitrogens with zero attached hydrogens (tertiary/aromatic N) is 3. The molecule has 1 saturated carbocycles. The lowest BCUT2D eigenvalue weighted by atomic mass is 9.66. The number of alkyl halides is 3. The van der Waals surface area contributed by atoms with Crippen molar-refractivity contribution >= 4 is 17.5 Å². The van der Waals surface area contributed by atoms with Gasteiger partial charge in [0.25, 0.3) is 0 Å². The maximum Gasteiger partial charge on any atom is 0.405 e. The molecule has 5 rings (SSSR count). The van der Waals surface area contributed by atoms with Crippen LogP contribution in [0, 0.1) is 6.92 Å². The van der Waals surface area contributed by atoms with Gasteiger partial charge in [0.2, 0.25) is 11.9 Å². The number of carbonyl (C=O) groups is 1. The van der Waals surface area contributed by atoms with Gasteiger partial charge in [0.15, 0.2) is 5.79 Å². The third-order valence-corrected chi connectivity index (χ3v) is 6.77. The highest BCUT2D eigenvalue weighted by molar-refractivity contribution is 6.02. The minimum Gasteiger partial charge on any atom is -0.348 e. The van der Waals surface area contributed by atoms with E-state index in [1.807, 2.05) is 31.2 Å². The van der Waals surface area contributed by atoms with E-state index >= 15 is 0 Å². The SMILES string of the molecule is Cc1ccc(N2Cc3cnc(NCC(F)(F)F)nc3C3(CCC4(CC3)OCCO4)C2=O)cc1. The van der Waals surface area contributed by atoms with Gasteiger partial charge in [-0.05, 0) is 31.9 Å². The lowest BCUT2D eigenvalue weighted by Crippen LogP contribution is -2.55. The highest BCUT2D eigenvalue weighted by atomic mass is 19.4. The van der Waals surface area contributed by atoms with Gasteiger partial charge < -0.3 is 19.7 Å². The van der Waals surface area contributed by atoms with Crippen LogP contribution in [-0.4, -0.2) is 47.6 Å². The highest BCUT2D eigenvalue weighted by Crippen LogP contribution is 2.50. The maximum atomic E-state index is 14.0. The molecule has 1 N–H and O–H groups in total. The van der Waals surface area contributed by atoms with Gasteiger partial charge in [-0.2, -0.15) is 13.2 Å². The lowest BCUT2D eigenvalue weighted by molar-refractivity contribution is -0.186. The number of nitrogens with one attached hydrogen (secondary N) is 1. The van der Waals surface area contributed by atoms with Crippen molar-refractivity contribution in [3.8, 4) is 0 Å². The number of rotatable bonds is 3. The molecule has 1 aromatic carbocycles. The summed E-state index contributed by atoms with van der Waals surface area (Å²) in [6.07, 6.45) is -0.995. The molecular formula is C23H25F3N4O3. The van der Waals surface area contributed by atoms with Crippen LogP contribution in [0.1, 0.15) is 42.5 Å². The van der Waals surface area contributed by atoms with E-state index in [-0.39, 0.29) is 18.4 Å². The van der Waals surface area contributed by atoms with E-state index < -0.39 is 23.9 Å². The van der Waals surface area contributed by atoms with Gasteiger partial charge in [0.05, 0.1) is 30.9 Å². The van der Waals surface area contributed by atoms with Crippen molar-refractivity contribution in [1.82, 2.24) is 9.97 Å². The third kappa shape index (κ3) is 4.06.